The summed E-state index contributed by atoms with van der Waals surface area (Å²) in [5.41, 5.74) is 0.422. The molecule has 0 aliphatic heterocycles. The lowest BCUT2D eigenvalue weighted by Crippen LogP contribution is -2.53. The Morgan fingerprint density at radius 3 is 2.33 bits per heavy atom. The van der Waals surface area contributed by atoms with Crippen LogP contribution >= 0.6 is 22.6 Å². The molecule has 106 valence electrons. The van der Waals surface area contributed by atoms with E-state index in [1.54, 1.807) is 0 Å². The van der Waals surface area contributed by atoms with Crippen molar-refractivity contribution in [3.8, 4) is 0 Å². The van der Waals surface area contributed by atoms with E-state index in [0.717, 1.165) is 29.5 Å². The van der Waals surface area contributed by atoms with E-state index in [1.807, 2.05) is 0 Å². The zero-order valence-corrected chi connectivity index (χ0v) is 14.3. The summed E-state index contributed by atoms with van der Waals surface area (Å²) >= 11 is 2.53. The molecule has 18 heavy (non-hydrogen) atoms. The minimum absolute atomic E-state index is 0.0941. The molecule has 0 spiro atoms. The Hall–Kier alpha value is 0.650. The Bertz CT molecular complexity index is 290. The number of halogens is 1. The molecule has 0 radical (unpaired) electrons. The lowest BCUT2D eigenvalue weighted by Gasteiger charge is -2.48. The van der Waals surface area contributed by atoms with Gasteiger partial charge in [-0.25, -0.2) is 0 Å². The van der Waals surface area contributed by atoms with Crippen LogP contribution in [0.25, 0.3) is 0 Å². The molecule has 3 atom stereocenters. The van der Waals surface area contributed by atoms with Gasteiger partial charge in [-0.05, 0) is 50.4 Å². The highest BCUT2D eigenvalue weighted by Gasteiger charge is 2.63. The average Bonchev–Trinajstić information content (AvgIpc) is 2.85. The predicted octanol–water partition coefficient (Wildman–Crippen LogP) is 4.06. The van der Waals surface area contributed by atoms with Gasteiger partial charge in [-0.1, -0.05) is 36.4 Å². The summed E-state index contributed by atoms with van der Waals surface area (Å²) < 4.78 is 13.1. The van der Waals surface area contributed by atoms with E-state index >= 15 is 0 Å². The quantitative estimate of drug-likeness (QED) is 0.401. The topological polar surface area (TPSA) is 18.5 Å². The summed E-state index contributed by atoms with van der Waals surface area (Å²) in [6.45, 7) is 10.5. The Morgan fingerprint density at radius 1 is 1.17 bits per heavy atom. The summed E-state index contributed by atoms with van der Waals surface area (Å²) in [5.74, 6) is 1.64. The first-order valence-electron chi connectivity index (χ1n) is 7.25. The van der Waals surface area contributed by atoms with Gasteiger partial charge >= 0.3 is 0 Å². The largest absolute Gasteiger partial charge is 0.376 e. The molecule has 2 bridgehead atoms. The maximum atomic E-state index is 6.41. The van der Waals surface area contributed by atoms with Crippen LogP contribution in [0.4, 0.5) is 0 Å². The minimum Gasteiger partial charge on any atom is -0.376 e. The molecule has 0 amide bonds. The molecule has 2 nitrogen and oxygen atoms in total. The van der Waals surface area contributed by atoms with Crippen molar-refractivity contribution in [1.82, 2.24) is 0 Å². The third kappa shape index (κ3) is 2.35. The lowest BCUT2D eigenvalue weighted by molar-refractivity contribution is -0.148. The number of ether oxygens (including phenoxy) is 2. The van der Waals surface area contributed by atoms with E-state index in [9.17, 15) is 0 Å². The molecule has 2 aliphatic rings. The fraction of sp³-hybridized carbons (Fsp3) is 1.00. The third-order valence-corrected chi connectivity index (χ3v) is 6.43. The van der Waals surface area contributed by atoms with Gasteiger partial charge in [0.1, 0.15) is 0 Å². The van der Waals surface area contributed by atoms with Crippen LogP contribution in [-0.2, 0) is 9.47 Å². The molecule has 0 aromatic heterocycles. The van der Waals surface area contributed by atoms with E-state index in [-0.39, 0.29) is 5.60 Å². The molecular weight excluding hydrogens is 339 g/mol. The summed E-state index contributed by atoms with van der Waals surface area (Å²) in [7, 11) is 0. The molecule has 2 aliphatic carbocycles. The second-order valence-electron chi connectivity index (χ2n) is 6.72. The Balaban J connectivity index is 1.98. The van der Waals surface area contributed by atoms with Gasteiger partial charge in [-0.15, -0.1) is 0 Å². The number of hydrogen-bond acceptors (Lipinski definition) is 2. The second-order valence-corrected chi connectivity index (χ2v) is 7.48. The first-order chi connectivity index (χ1) is 8.44. The Morgan fingerprint density at radius 2 is 1.83 bits per heavy atom. The lowest BCUT2D eigenvalue weighted by atomic mass is 9.66. The zero-order valence-electron chi connectivity index (χ0n) is 12.2. The van der Waals surface area contributed by atoms with Crippen LogP contribution in [0.15, 0.2) is 0 Å². The van der Waals surface area contributed by atoms with Gasteiger partial charge in [-0.2, -0.15) is 0 Å². The van der Waals surface area contributed by atoms with E-state index in [0.29, 0.717) is 11.5 Å². The van der Waals surface area contributed by atoms with Crippen LogP contribution in [0.5, 0.6) is 0 Å². The van der Waals surface area contributed by atoms with Gasteiger partial charge in [0.05, 0.1) is 24.9 Å². The molecule has 0 saturated heterocycles. The average molecular weight is 366 g/mol. The van der Waals surface area contributed by atoms with Crippen molar-refractivity contribution in [3.05, 3.63) is 0 Å². The molecular formula is C15H27IO2. The summed E-state index contributed by atoms with van der Waals surface area (Å²) in [5, 5.41) is 0. The number of hydrogen-bond donors (Lipinski definition) is 0. The van der Waals surface area contributed by atoms with Gasteiger partial charge in [0.15, 0.2) is 0 Å². The smallest absolute Gasteiger partial charge is 0.0853 e. The van der Waals surface area contributed by atoms with Crippen molar-refractivity contribution < 1.29 is 9.47 Å². The minimum atomic E-state index is 0.0941. The Labute approximate surface area is 125 Å². The SMILES string of the molecule is CC(C)OCCOC1(CI)C2CCC(C2)C1(C)C. The third-order valence-electron chi connectivity index (χ3n) is 5.30. The van der Waals surface area contributed by atoms with Crippen molar-refractivity contribution >= 4 is 22.6 Å². The van der Waals surface area contributed by atoms with Crippen LogP contribution in [0.2, 0.25) is 0 Å². The van der Waals surface area contributed by atoms with E-state index in [1.165, 1.54) is 19.3 Å². The maximum absolute atomic E-state index is 6.41. The number of fused-ring (bicyclic) bond motifs is 2. The van der Waals surface area contributed by atoms with Crippen molar-refractivity contribution in [2.45, 2.75) is 58.7 Å². The van der Waals surface area contributed by atoms with Crippen LogP contribution in [-0.4, -0.2) is 29.3 Å². The Kier molecular flexibility index (Phi) is 4.65. The molecule has 3 heteroatoms. The summed E-state index contributed by atoms with van der Waals surface area (Å²) in [4.78, 5) is 0. The standard InChI is InChI=1S/C15H27IO2/c1-11(2)17-7-8-18-15(10-16)13-6-5-12(9-13)14(15,3)4/h11-13H,5-10H2,1-4H3. The van der Waals surface area contributed by atoms with Gasteiger partial charge in [-0.3, -0.25) is 0 Å². The highest BCUT2D eigenvalue weighted by Crippen LogP contribution is 2.63. The molecule has 0 N–H and O–H groups in total. The van der Waals surface area contributed by atoms with Gasteiger partial charge < -0.3 is 9.47 Å². The molecule has 0 heterocycles. The second kappa shape index (κ2) is 5.57. The van der Waals surface area contributed by atoms with Crippen LogP contribution in [0, 0.1) is 17.3 Å². The molecule has 0 aromatic carbocycles. The van der Waals surface area contributed by atoms with Crippen molar-refractivity contribution in [2.24, 2.45) is 17.3 Å². The fourth-order valence-electron chi connectivity index (χ4n) is 4.06. The van der Waals surface area contributed by atoms with Gasteiger partial charge in [0, 0.05) is 4.43 Å². The van der Waals surface area contributed by atoms with Gasteiger partial charge in [0.25, 0.3) is 0 Å². The van der Waals surface area contributed by atoms with E-state index in [2.05, 4.69) is 50.3 Å². The summed E-state index contributed by atoms with van der Waals surface area (Å²) in [6.07, 6.45) is 4.45. The molecule has 2 fully saturated rings. The molecule has 3 unspecified atom stereocenters. The van der Waals surface area contributed by atoms with Crippen molar-refractivity contribution in [2.75, 3.05) is 17.6 Å². The van der Waals surface area contributed by atoms with Crippen LogP contribution < -0.4 is 0 Å². The molecule has 2 saturated carbocycles. The normalized spacial score (nSPS) is 37.7. The predicted molar refractivity (Wildman–Crippen MR) is 83.3 cm³/mol. The monoisotopic (exact) mass is 366 g/mol. The highest BCUT2D eigenvalue weighted by molar-refractivity contribution is 14.1. The van der Waals surface area contributed by atoms with Crippen molar-refractivity contribution in [1.29, 1.82) is 0 Å². The van der Waals surface area contributed by atoms with Crippen LogP contribution in [0.3, 0.4) is 0 Å². The zero-order chi connectivity index (χ0) is 13.4. The fourth-order valence-corrected chi connectivity index (χ4v) is 5.89. The van der Waals surface area contributed by atoms with Gasteiger partial charge in [0.2, 0.25) is 0 Å². The number of rotatable bonds is 6. The van der Waals surface area contributed by atoms with Crippen molar-refractivity contribution in [3.63, 3.8) is 0 Å². The van der Waals surface area contributed by atoms with E-state index < -0.39 is 0 Å². The summed E-state index contributed by atoms with van der Waals surface area (Å²) in [6, 6.07) is 0. The highest BCUT2D eigenvalue weighted by atomic mass is 127. The number of alkyl halides is 1. The maximum Gasteiger partial charge on any atom is 0.0853 e. The first-order valence-corrected chi connectivity index (χ1v) is 8.78. The molecule has 0 aromatic rings. The first kappa shape index (κ1) is 15.0. The molecule has 2 rings (SSSR count). The van der Waals surface area contributed by atoms with Crippen LogP contribution in [0.1, 0.15) is 47.0 Å². The van der Waals surface area contributed by atoms with E-state index in [4.69, 9.17) is 9.47 Å².